The molecule has 90 valence electrons. The highest BCUT2D eigenvalue weighted by molar-refractivity contribution is 7.84. The molecule has 1 atom stereocenters. The SMILES string of the molecule is CCCCS(=O)Cc1ccc(CN)cc1C. The van der Waals surface area contributed by atoms with Gasteiger partial charge in [0.05, 0.1) is 0 Å². The molecule has 0 aliphatic heterocycles. The van der Waals surface area contributed by atoms with Gasteiger partial charge in [-0.1, -0.05) is 31.5 Å². The maximum Gasteiger partial charge on any atom is 0.0488 e. The molecule has 0 spiro atoms. The molecule has 0 radical (unpaired) electrons. The third-order valence-corrected chi connectivity index (χ3v) is 4.06. The van der Waals surface area contributed by atoms with Crippen LogP contribution in [0.5, 0.6) is 0 Å². The van der Waals surface area contributed by atoms with Gasteiger partial charge in [-0.05, 0) is 30.0 Å². The molecule has 0 heterocycles. The average molecular weight is 239 g/mol. The fraction of sp³-hybridized carbons (Fsp3) is 0.538. The van der Waals surface area contributed by atoms with E-state index in [-0.39, 0.29) is 0 Å². The van der Waals surface area contributed by atoms with Crippen LogP contribution in [0.3, 0.4) is 0 Å². The van der Waals surface area contributed by atoms with Crippen molar-refractivity contribution in [3.63, 3.8) is 0 Å². The summed E-state index contributed by atoms with van der Waals surface area (Å²) in [5.74, 6) is 1.49. The van der Waals surface area contributed by atoms with Crippen molar-refractivity contribution in [2.24, 2.45) is 5.73 Å². The molecule has 1 unspecified atom stereocenters. The van der Waals surface area contributed by atoms with E-state index in [1.54, 1.807) is 0 Å². The van der Waals surface area contributed by atoms with Crippen LogP contribution in [0, 0.1) is 6.92 Å². The first-order chi connectivity index (χ1) is 7.67. The molecule has 3 heteroatoms. The van der Waals surface area contributed by atoms with E-state index in [1.165, 1.54) is 11.1 Å². The van der Waals surface area contributed by atoms with Gasteiger partial charge in [0.1, 0.15) is 0 Å². The Balaban J connectivity index is 2.63. The van der Waals surface area contributed by atoms with Crippen LogP contribution in [0.25, 0.3) is 0 Å². The third-order valence-electron chi connectivity index (χ3n) is 2.68. The lowest BCUT2D eigenvalue weighted by atomic mass is 10.1. The first-order valence-corrected chi connectivity index (χ1v) is 7.29. The van der Waals surface area contributed by atoms with Crippen molar-refractivity contribution in [1.29, 1.82) is 0 Å². The fourth-order valence-electron chi connectivity index (χ4n) is 1.60. The zero-order chi connectivity index (χ0) is 12.0. The summed E-state index contributed by atoms with van der Waals surface area (Å²) in [6, 6.07) is 6.17. The Hall–Kier alpha value is -0.670. The second-order valence-corrected chi connectivity index (χ2v) is 5.68. The van der Waals surface area contributed by atoms with Gasteiger partial charge in [0.25, 0.3) is 0 Å². The van der Waals surface area contributed by atoms with E-state index in [4.69, 9.17) is 5.73 Å². The molecule has 0 fully saturated rings. The van der Waals surface area contributed by atoms with Crippen LogP contribution in [-0.2, 0) is 23.1 Å². The quantitative estimate of drug-likeness (QED) is 0.829. The smallest absolute Gasteiger partial charge is 0.0488 e. The third kappa shape index (κ3) is 4.06. The summed E-state index contributed by atoms with van der Waals surface area (Å²) in [5.41, 5.74) is 9.10. The largest absolute Gasteiger partial charge is 0.326 e. The Bertz CT molecular complexity index is 363. The molecular formula is C13H21NOS. The van der Waals surface area contributed by atoms with Crippen LogP contribution in [0.15, 0.2) is 18.2 Å². The van der Waals surface area contributed by atoms with Crippen molar-refractivity contribution in [2.45, 2.75) is 39.0 Å². The Kier molecular flexibility index (Phi) is 5.71. The van der Waals surface area contributed by atoms with Crippen LogP contribution in [0.1, 0.15) is 36.5 Å². The highest BCUT2D eigenvalue weighted by Crippen LogP contribution is 2.13. The van der Waals surface area contributed by atoms with E-state index in [0.29, 0.717) is 12.3 Å². The van der Waals surface area contributed by atoms with Gasteiger partial charge in [-0.3, -0.25) is 4.21 Å². The van der Waals surface area contributed by atoms with Gasteiger partial charge < -0.3 is 5.73 Å². The summed E-state index contributed by atoms with van der Waals surface area (Å²) in [4.78, 5) is 0. The summed E-state index contributed by atoms with van der Waals surface area (Å²) >= 11 is 0. The molecule has 0 aliphatic rings. The van der Waals surface area contributed by atoms with E-state index >= 15 is 0 Å². The first kappa shape index (κ1) is 13.4. The molecule has 0 saturated heterocycles. The van der Waals surface area contributed by atoms with Crippen molar-refractivity contribution in [2.75, 3.05) is 5.75 Å². The van der Waals surface area contributed by atoms with Gasteiger partial charge in [-0.25, -0.2) is 0 Å². The zero-order valence-corrected chi connectivity index (χ0v) is 11.0. The van der Waals surface area contributed by atoms with E-state index in [0.717, 1.165) is 24.2 Å². The summed E-state index contributed by atoms with van der Waals surface area (Å²) in [5, 5.41) is 0. The maximum absolute atomic E-state index is 11.8. The molecule has 0 aromatic heterocycles. The molecule has 2 N–H and O–H groups in total. The second kappa shape index (κ2) is 6.81. The molecule has 0 saturated carbocycles. The Morgan fingerprint density at radius 3 is 2.69 bits per heavy atom. The van der Waals surface area contributed by atoms with Gasteiger partial charge in [-0.15, -0.1) is 0 Å². The zero-order valence-electron chi connectivity index (χ0n) is 10.2. The minimum atomic E-state index is -0.721. The predicted octanol–water partition coefficient (Wildman–Crippen LogP) is 2.50. The molecular weight excluding hydrogens is 218 g/mol. The molecule has 1 rings (SSSR count). The summed E-state index contributed by atoms with van der Waals surface area (Å²) < 4.78 is 11.8. The van der Waals surface area contributed by atoms with Gasteiger partial charge >= 0.3 is 0 Å². The van der Waals surface area contributed by atoms with E-state index in [1.807, 2.05) is 6.07 Å². The number of nitrogens with two attached hydrogens (primary N) is 1. The van der Waals surface area contributed by atoms with Crippen LogP contribution in [0.4, 0.5) is 0 Å². The monoisotopic (exact) mass is 239 g/mol. The lowest BCUT2D eigenvalue weighted by molar-refractivity contribution is 0.679. The van der Waals surface area contributed by atoms with Gasteiger partial charge in [0.2, 0.25) is 0 Å². The van der Waals surface area contributed by atoms with Crippen LogP contribution in [0.2, 0.25) is 0 Å². The maximum atomic E-state index is 11.8. The van der Waals surface area contributed by atoms with Gasteiger partial charge in [0, 0.05) is 28.9 Å². The lowest BCUT2D eigenvalue weighted by Gasteiger charge is -2.07. The number of rotatable bonds is 6. The Labute approximate surface area is 101 Å². The lowest BCUT2D eigenvalue weighted by Crippen LogP contribution is -2.03. The molecule has 16 heavy (non-hydrogen) atoms. The topological polar surface area (TPSA) is 43.1 Å². The van der Waals surface area contributed by atoms with Crippen molar-refractivity contribution in [3.05, 3.63) is 34.9 Å². The standard InChI is InChI=1S/C13H21NOS/c1-3-4-7-16(15)10-13-6-5-12(9-14)8-11(13)2/h5-6,8H,3-4,7,9-10,14H2,1-2H3. The molecule has 0 bridgehead atoms. The minimum Gasteiger partial charge on any atom is -0.326 e. The highest BCUT2D eigenvalue weighted by atomic mass is 32.2. The van der Waals surface area contributed by atoms with Crippen LogP contribution >= 0.6 is 0 Å². The Morgan fingerprint density at radius 2 is 2.12 bits per heavy atom. The summed E-state index contributed by atoms with van der Waals surface area (Å²) in [6.45, 7) is 4.75. The fourth-order valence-corrected chi connectivity index (χ4v) is 3.02. The molecule has 2 nitrogen and oxygen atoms in total. The van der Waals surface area contributed by atoms with E-state index < -0.39 is 10.8 Å². The first-order valence-electron chi connectivity index (χ1n) is 5.80. The highest BCUT2D eigenvalue weighted by Gasteiger charge is 2.04. The number of hydrogen-bond donors (Lipinski definition) is 1. The minimum absolute atomic E-state index is 0.569. The van der Waals surface area contributed by atoms with E-state index in [2.05, 4.69) is 26.0 Å². The molecule has 1 aromatic rings. The van der Waals surface area contributed by atoms with Crippen LogP contribution in [-0.4, -0.2) is 9.96 Å². The number of hydrogen-bond acceptors (Lipinski definition) is 2. The Morgan fingerprint density at radius 1 is 1.38 bits per heavy atom. The van der Waals surface area contributed by atoms with E-state index in [9.17, 15) is 4.21 Å². The van der Waals surface area contributed by atoms with Gasteiger partial charge in [0.15, 0.2) is 0 Å². The summed E-state index contributed by atoms with van der Waals surface area (Å²) in [6.07, 6.45) is 2.16. The second-order valence-electron chi connectivity index (χ2n) is 4.11. The predicted molar refractivity (Wildman–Crippen MR) is 70.7 cm³/mol. The molecule has 0 aliphatic carbocycles. The van der Waals surface area contributed by atoms with Crippen molar-refractivity contribution < 1.29 is 4.21 Å². The van der Waals surface area contributed by atoms with Crippen LogP contribution < -0.4 is 5.73 Å². The van der Waals surface area contributed by atoms with Crippen molar-refractivity contribution in [3.8, 4) is 0 Å². The number of unbranched alkanes of at least 4 members (excludes halogenated alkanes) is 1. The average Bonchev–Trinajstić information content (AvgIpc) is 2.29. The molecule has 1 aromatic carbocycles. The molecule has 0 amide bonds. The summed E-state index contributed by atoms with van der Waals surface area (Å²) in [7, 11) is -0.721. The van der Waals surface area contributed by atoms with Crippen molar-refractivity contribution in [1.82, 2.24) is 0 Å². The normalized spacial score (nSPS) is 12.7. The number of benzene rings is 1. The van der Waals surface area contributed by atoms with Gasteiger partial charge in [-0.2, -0.15) is 0 Å². The van der Waals surface area contributed by atoms with Crippen molar-refractivity contribution >= 4 is 10.8 Å². The number of aryl methyl sites for hydroxylation is 1.